The molecule has 14 heavy (non-hydrogen) atoms. The van der Waals surface area contributed by atoms with E-state index < -0.39 is 8.25 Å². The topological polar surface area (TPSA) is 46.5 Å². The molecule has 0 heterocycles. The summed E-state index contributed by atoms with van der Waals surface area (Å²) in [7, 11) is -2.56. The second-order valence-electron chi connectivity index (χ2n) is 3.04. The molecule has 0 saturated heterocycles. The summed E-state index contributed by atoms with van der Waals surface area (Å²) in [5.41, 5.74) is 0.992. The van der Waals surface area contributed by atoms with Crippen molar-refractivity contribution in [2.24, 2.45) is 0 Å². The standard InChI is InChI=1S/C10H13O3P/c1-2-3-6-9-7-4-5-8-10(9)13-14(11)12/h4-5,7-8H,2-3,6H2,1H3/p+1. The van der Waals surface area contributed by atoms with E-state index in [4.69, 9.17) is 9.42 Å². The average Bonchev–Trinajstić information content (AvgIpc) is 2.16. The van der Waals surface area contributed by atoms with Gasteiger partial charge in [-0.3, -0.25) is 0 Å². The molecular formula is C10H14O3P+. The molecule has 76 valence electrons. The Morgan fingerprint density at radius 1 is 1.43 bits per heavy atom. The first-order valence-corrected chi connectivity index (χ1v) is 5.79. The maximum Gasteiger partial charge on any atom is 0.747 e. The molecule has 0 aliphatic carbocycles. The van der Waals surface area contributed by atoms with Gasteiger partial charge < -0.3 is 0 Å². The van der Waals surface area contributed by atoms with Gasteiger partial charge in [0.05, 0.1) is 0 Å². The van der Waals surface area contributed by atoms with E-state index in [0.29, 0.717) is 5.75 Å². The predicted octanol–water partition coefficient (Wildman–Crippen LogP) is 3.06. The summed E-state index contributed by atoms with van der Waals surface area (Å²) in [6, 6.07) is 7.34. The van der Waals surface area contributed by atoms with Gasteiger partial charge in [0.15, 0.2) is 5.75 Å². The lowest BCUT2D eigenvalue weighted by Gasteiger charge is -2.01. The van der Waals surface area contributed by atoms with Gasteiger partial charge in [-0.1, -0.05) is 31.5 Å². The van der Waals surface area contributed by atoms with E-state index in [9.17, 15) is 4.57 Å². The van der Waals surface area contributed by atoms with Crippen molar-refractivity contribution in [1.82, 2.24) is 0 Å². The van der Waals surface area contributed by atoms with E-state index in [0.717, 1.165) is 24.8 Å². The van der Waals surface area contributed by atoms with Crippen LogP contribution in [0.1, 0.15) is 25.3 Å². The summed E-state index contributed by atoms with van der Waals surface area (Å²) in [4.78, 5) is 8.64. The van der Waals surface area contributed by atoms with E-state index in [1.165, 1.54) is 0 Å². The van der Waals surface area contributed by atoms with Crippen molar-refractivity contribution in [3.63, 3.8) is 0 Å². The molecule has 1 aromatic carbocycles. The molecular weight excluding hydrogens is 199 g/mol. The zero-order chi connectivity index (χ0) is 10.4. The Hall–Kier alpha value is -0.920. The van der Waals surface area contributed by atoms with Gasteiger partial charge in [0.25, 0.3) is 0 Å². The molecule has 1 unspecified atom stereocenters. The SMILES string of the molecule is CCCCc1ccccc1O[P+](=O)O. The maximum absolute atomic E-state index is 10.5. The van der Waals surface area contributed by atoms with Crippen LogP contribution in [0.15, 0.2) is 24.3 Å². The minimum absolute atomic E-state index is 0.518. The van der Waals surface area contributed by atoms with Gasteiger partial charge in [0.2, 0.25) is 0 Å². The smallest absolute Gasteiger partial charge is 0.229 e. The van der Waals surface area contributed by atoms with Crippen LogP contribution in [0.2, 0.25) is 0 Å². The molecule has 0 amide bonds. The monoisotopic (exact) mass is 213 g/mol. The zero-order valence-electron chi connectivity index (χ0n) is 8.14. The molecule has 1 N–H and O–H groups in total. The van der Waals surface area contributed by atoms with Crippen LogP contribution in [0.25, 0.3) is 0 Å². The van der Waals surface area contributed by atoms with Crippen molar-refractivity contribution in [3.8, 4) is 5.75 Å². The Kier molecular flexibility index (Phi) is 4.57. The van der Waals surface area contributed by atoms with Crippen LogP contribution in [0.5, 0.6) is 5.75 Å². The van der Waals surface area contributed by atoms with Crippen molar-refractivity contribution < 1.29 is 14.0 Å². The Morgan fingerprint density at radius 2 is 2.14 bits per heavy atom. The van der Waals surface area contributed by atoms with Crippen LogP contribution in [0.3, 0.4) is 0 Å². The molecule has 1 rings (SSSR count). The van der Waals surface area contributed by atoms with Crippen molar-refractivity contribution >= 4 is 8.25 Å². The molecule has 0 fully saturated rings. The van der Waals surface area contributed by atoms with Gasteiger partial charge in [-0.05, 0) is 18.9 Å². The van der Waals surface area contributed by atoms with Crippen LogP contribution in [-0.2, 0) is 11.0 Å². The lowest BCUT2D eigenvalue weighted by atomic mass is 10.1. The maximum atomic E-state index is 10.5. The summed E-state index contributed by atoms with van der Waals surface area (Å²) in [5.74, 6) is 0.518. The second-order valence-corrected chi connectivity index (χ2v) is 3.70. The first-order valence-electron chi connectivity index (χ1n) is 4.66. The Labute approximate surface area is 84.7 Å². The molecule has 0 aliphatic heterocycles. The lowest BCUT2D eigenvalue weighted by Crippen LogP contribution is -1.90. The van der Waals surface area contributed by atoms with Gasteiger partial charge in [0, 0.05) is 10.1 Å². The van der Waals surface area contributed by atoms with Gasteiger partial charge in [-0.2, -0.15) is 0 Å². The molecule has 1 atom stereocenters. The Bertz CT molecular complexity index is 312. The molecule has 0 spiro atoms. The number of aryl methyl sites for hydroxylation is 1. The summed E-state index contributed by atoms with van der Waals surface area (Å²) in [6.45, 7) is 2.11. The van der Waals surface area contributed by atoms with Gasteiger partial charge >= 0.3 is 8.25 Å². The minimum Gasteiger partial charge on any atom is -0.229 e. The predicted molar refractivity (Wildman–Crippen MR) is 55.5 cm³/mol. The van der Waals surface area contributed by atoms with Gasteiger partial charge in [0.1, 0.15) is 0 Å². The normalized spacial score (nSPS) is 11.1. The van der Waals surface area contributed by atoms with Gasteiger partial charge in [-0.15, -0.1) is 4.89 Å². The van der Waals surface area contributed by atoms with Crippen LogP contribution >= 0.6 is 8.25 Å². The number of unbranched alkanes of at least 4 members (excludes halogenated alkanes) is 1. The molecule has 1 aromatic rings. The van der Waals surface area contributed by atoms with Crippen molar-refractivity contribution in [1.29, 1.82) is 0 Å². The van der Waals surface area contributed by atoms with Crippen LogP contribution < -0.4 is 4.52 Å². The molecule has 4 heteroatoms. The average molecular weight is 213 g/mol. The Morgan fingerprint density at radius 3 is 2.79 bits per heavy atom. The molecule has 0 aromatic heterocycles. The zero-order valence-corrected chi connectivity index (χ0v) is 9.04. The van der Waals surface area contributed by atoms with Crippen LogP contribution in [0.4, 0.5) is 0 Å². The fraction of sp³-hybridized carbons (Fsp3) is 0.400. The van der Waals surface area contributed by atoms with E-state index in [1.54, 1.807) is 12.1 Å². The highest BCUT2D eigenvalue weighted by Crippen LogP contribution is 2.27. The highest BCUT2D eigenvalue weighted by atomic mass is 31.1. The van der Waals surface area contributed by atoms with E-state index in [1.807, 2.05) is 12.1 Å². The van der Waals surface area contributed by atoms with Crippen molar-refractivity contribution in [2.45, 2.75) is 26.2 Å². The highest BCUT2D eigenvalue weighted by molar-refractivity contribution is 7.32. The summed E-state index contributed by atoms with van der Waals surface area (Å²) >= 11 is 0. The third-order valence-electron chi connectivity index (χ3n) is 1.95. The van der Waals surface area contributed by atoms with Crippen molar-refractivity contribution in [3.05, 3.63) is 29.8 Å². The molecule has 0 bridgehead atoms. The lowest BCUT2D eigenvalue weighted by molar-refractivity contribution is 0.408. The Balaban J connectivity index is 2.74. The second kappa shape index (κ2) is 5.74. The molecule has 0 radical (unpaired) electrons. The number of hydrogen-bond donors (Lipinski definition) is 1. The van der Waals surface area contributed by atoms with E-state index in [-0.39, 0.29) is 0 Å². The molecule has 0 saturated carbocycles. The first-order chi connectivity index (χ1) is 6.74. The summed E-state index contributed by atoms with van der Waals surface area (Å²) in [6.07, 6.45) is 3.04. The molecule has 3 nitrogen and oxygen atoms in total. The third kappa shape index (κ3) is 3.44. The summed E-state index contributed by atoms with van der Waals surface area (Å²) in [5, 5.41) is 0. The number of hydrogen-bond acceptors (Lipinski definition) is 2. The number of benzene rings is 1. The third-order valence-corrected chi connectivity index (χ3v) is 2.30. The fourth-order valence-corrected chi connectivity index (χ4v) is 1.60. The van der Waals surface area contributed by atoms with Gasteiger partial charge in [-0.25, -0.2) is 4.52 Å². The minimum atomic E-state index is -2.56. The van der Waals surface area contributed by atoms with E-state index >= 15 is 0 Å². The highest BCUT2D eigenvalue weighted by Gasteiger charge is 2.16. The number of para-hydroxylation sites is 1. The molecule has 0 aliphatic rings. The fourth-order valence-electron chi connectivity index (χ4n) is 1.25. The first kappa shape index (κ1) is 11.2. The van der Waals surface area contributed by atoms with E-state index in [2.05, 4.69) is 6.92 Å². The summed E-state index contributed by atoms with van der Waals surface area (Å²) < 4.78 is 15.3. The van der Waals surface area contributed by atoms with Crippen LogP contribution in [-0.4, -0.2) is 4.89 Å². The largest absolute Gasteiger partial charge is 0.747 e. The quantitative estimate of drug-likeness (QED) is 0.764. The van der Waals surface area contributed by atoms with Crippen LogP contribution in [0, 0.1) is 0 Å². The number of rotatable bonds is 5. The van der Waals surface area contributed by atoms with Crippen molar-refractivity contribution in [2.75, 3.05) is 0 Å².